The maximum absolute atomic E-state index is 12.6. The molecule has 2 aliphatic rings. The molecular weight excluding hydrogens is 360 g/mol. The predicted octanol–water partition coefficient (Wildman–Crippen LogP) is 4.28. The van der Waals surface area contributed by atoms with E-state index in [0.29, 0.717) is 24.4 Å². The minimum atomic E-state index is -0.530. The highest BCUT2D eigenvalue weighted by molar-refractivity contribution is 9.10. The maximum atomic E-state index is 12.6. The van der Waals surface area contributed by atoms with E-state index in [1.165, 1.54) is 0 Å². The Balaban J connectivity index is 1.97. The van der Waals surface area contributed by atoms with Gasteiger partial charge >= 0.3 is 5.97 Å². The van der Waals surface area contributed by atoms with Gasteiger partial charge < -0.3 is 14.2 Å². The molecule has 0 bridgehead atoms. The number of halogens is 1. The Kier molecular flexibility index (Phi) is 4.52. The van der Waals surface area contributed by atoms with E-state index >= 15 is 0 Å². The van der Waals surface area contributed by atoms with Gasteiger partial charge in [0.2, 0.25) is 6.29 Å². The third-order valence-electron chi connectivity index (χ3n) is 3.88. The van der Waals surface area contributed by atoms with E-state index in [-0.39, 0.29) is 18.2 Å². The topological polar surface area (TPSA) is 44.8 Å². The lowest BCUT2D eigenvalue weighted by Crippen LogP contribution is -2.31. The van der Waals surface area contributed by atoms with Gasteiger partial charge in [0.25, 0.3) is 0 Å². The van der Waals surface area contributed by atoms with Gasteiger partial charge in [-0.1, -0.05) is 28.1 Å². The van der Waals surface area contributed by atoms with Crippen LogP contribution in [0.5, 0.6) is 0 Å². The van der Waals surface area contributed by atoms with Crippen molar-refractivity contribution in [3.8, 4) is 0 Å². The summed E-state index contributed by atoms with van der Waals surface area (Å²) in [6.07, 6.45) is 1.27. The van der Waals surface area contributed by atoms with Gasteiger partial charge in [0, 0.05) is 16.0 Å². The average Bonchev–Trinajstić information content (AvgIpc) is 2.92. The van der Waals surface area contributed by atoms with Crippen molar-refractivity contribution in [2.75, 3.05) is 6.61 Å². The van der Waals surface area contributed by atoms with Crippen LogP contribution in [0.1, 0.15) is 39.2 Å². The normalized spacial score (nSPS) is 24.2. The number of hydrogen-bond donors (Lipinski definition) is 0. The molecule has 3 rings (SSSR count). The molecular formula is C18H21BrO4. The molecule has 5 heteroatoms. The molecule has 2 heterocycles. The molecule has 0 N–H and O–H groups in total. The van der Waals surface area contributed by atoms with Crippen molar-refractivity contribution in [1.82, 2.24) is 0 Å². The van der Waals surface area contributed by atoms with E-state index in [1.807, 2.05) is 45.0 Å². The Morgan fingerprint density at radius 2 is 1.96 bits per heavy atom. The fraction of sp³-hybridized carbons (Fsp3) is 0.500. The number of fused-ring (bicyclic) bond motifs is 1. The highest BCUT2D eigenvalue weighted by Gasteiger charge is 2.40. The molecule has 1 fully saturated rings. The molecule has 4 nitrogen and oxygen atoms in total. The monoisotopic (exact) mass is 380 g/mol. The molecule has 0 aliphatic carbocycles. The molecule has 23 heavy (non-hydrogen) atoms. The van der Waals surface area contributed by atoms with E-state index in [2.05, 4.69) is 15.9 Å². The predicted molar refractivity (Wildman–Crippen MR) is 90.5 cm³/mol. The summed E-state index contributed by atoms with van der Waals surface area (Å²) >= 11 is 3.43. The van der Waals surface area contributed by atoms with Crippen LogP contribution in [0.4, 0.5) is 0 Å². The van der Waals surface area contributed by atoms with Crippen LogP contribution in [0.3, 0.4) is 0 Å². The van der Waals surface area contributed by atoms with E-state index in [9.17, 15) is 4.79 Å². The first-order valence-electron chi connectivity index (χ1n) is 7.84. The van der Waals surface area contributed by atoms with Crippen molar-refractivity contribution in [3.05, 3.63) is 39.9 Å². The third kappa shape index (κ3) is 3.78. The summed E-state index contributed by atoms with van der Waals surface area (Å²) < 4.78 is 18.2. The smallest absolute Gasteiger partial charge is 0.338 e. The first kappa shape index (κ1) is 16.5. The zero-order valence-electron chi connectivity index (χ0n) is 13.6. The lowest BCUT2D eigenvalue weighted by atomic mass is 9.92. The molecule has 2 aliphatic heterocycles. The quantitative estimate of drug-likeness (QED) is 0.718. The zero-order valence-corrected chi connectivity index (χ0v) is 15.2. The summed E-state index contributed by atoms with van der Waals surface area (Å²) in [5.41, 5.74) is 0.940. The second kappa shape index (κ2) is 6.29. The molecule has 0 spiro atoms. The lowest BCUT2D eigenvalue weighted by Gasteiger charge is -2.30. The fourth-order valence-corrected chi connectivity index (χ4v) is 3.10. The average molecular weight is 381 g/mol. The van der Waals surface area contributed by atoms with Gasteiger partial charge in [-0.05, 0) is 45.7 Å². The van der Waals surface area contributed by atoms with Crippen LogP contribution in [-0.2, 0) is 19.0 Å². The number of ether oxygens (including phenoxy) is 3. The van der Waals surface area contributed by atoms with Crippen LogP contribution in [0.15, 0.2) is 34.3 Å². The Morgan fingerprint density at radius 1 is 1.26 bits per heavy atom. The number of benzene rings is 1. The minimum absolute atomic E-state index is 0.219. The summed E-state index contributed by atoms with van der Waals surface area (Å²) in [5, 5.41) is 0. The van der Waals surface area contributed by atoms with E-state index in [0.717, 1.165) is 16.5 Å². The standard InChI is InChI=1S/C18H21BrO4/c1-18(2,3)23-16(20)14-10-12-8-9-21-17(12)22-15(14)11-4-6-13(19)7-5-11/h4-7,12,17H,8-10H2,1-3H3. The second-order valence-corrected chi connectivity index (χ2v) is 7.84. The van der Waals surface area contributed by atoms with Gasteiger partial charge in [-0.25, -0.2) is 4.79 Å². The SMILES string of the molecule is CC(C)(C)OC(=O)C1=C(c2ccc(Br)cc2)OC2OCCC2C1. The first-order chi connectivity index (χ1) is 10.8. The lowest BCUT2D eigenvalue weighted by molar-refractivity contribution is -0.151. The van der Waals surface area contributed by atoms with Gasteiger partial charge in [0.15, 0.2) is 0 Å². The molecule has 2 atom stereocenters. The van der Waals surface area contributed by atoms with Gasteiger partial charge in [-0.2, -0.15) is 0 Å². The van der Waals surface area contributed by atoms with Crippen LogP contribution in [0.25, 0.3) is 5.76 Å². The van der Waals surface area contributed by atoms with Crippen LogP contribution in [0, 0.1) is 5.92 Å². The zero-order chi connectivity index (χ0) is 16.6. The molecule has 1 saturated heterocycles. The van der Waals surface area contributed by atoms with Gasteiger partial charge in [-0.15, -0.1) is 0 Å². The Morgan fingerprint density at radius 3 is 2.61 bits per heavy atom. The van der Waals surface area contributed by atoms with Crippen molar-refractivity contribution in [2.24, 2.45) is 5.92 Å². The van der Waals surface area contributed by atoms with Gasteiger partial charge in [-0.3, -0.25) is 0 Å². The van der Waals surface area contributed by atoms with Crippen molar-refractivity contribution in [1.29, 1.82) is 0 Å². The highest BCUT2D eigenvalue weighted by Crippen LogP contribution is 2.40. The number of esters is 1. The molecule has 1 aromatic rings. The summed E-state index contributed by atoms with van der Waals surface area (Å²) in [6, 6.07) is 7.72. The molecule has 124 valence electrons. The molecule has 0 aromatic heterocycles. The maximum Gasteiger partial charge on any atom is 0.338 e. The summed E-state index contributed by atoms with van der Waals surface area (Å²) in [4.78, 5) is 12.6. The van der Waals surface area contributed by atoms with Crippen molar-refractivity contribution in [3.63, 3.8) is 0 Å². The van der Waals surface area contributed by atoms with E-state index in [4.69, 9.17) is 14.2 Å². The number of carbonyl (C=O) groups is 1. The molecule has 0 saturated carbocycles. The highest BCUT2D eigenvalue weighted by atomic mass is 79.9. The molecule has 0 amide bonds. The fourth-order valence-electron chi connectivity index (χ4n) is 2.84. The summed E-state index contributed by atoms with van der Waals surface area (Å²) in [6.45, 7) is 6.28. The third-order valence-corrected chi connectivity index (χ3v) is 4.41. The minimum Gasteiger partial charge on any atom is -0.463 e. The Bertz CT molecular complexity index is 627. The van der Waals surface area contributed by atoms with Crippen LogP contribution >= 0.6 is 15.9 Å². The van der Waals surface area contributed by atoms with Crippen LogP contribution in [-0.4, -0.2) is 24.5 Å². The molecule has 0 radical (unpaired) electrons. The van der Waals surface area contributed by atoms with E-state index < -0.39 is 5.60 Å². The van der Waals surface area contributed by atoms with Gasteiger partial charge in [0.05, 0.1) is 12.2 Å². The Hall–Kier alpha value is -1.33. The largest absolute Gasteiger partial charge is 0.463 e. The molecule has 2 unspecified atom stereocenters. The van der Waals surface area contributed by atoms with Gasteiger partial charge in [0.1, 0.15) is 11.4 Å². The second-order valence-electron chi connectivity index (χ2n) is 6.93. The van der Waals surface area contributed by atoms with Crippen LogP contribution < -0.4 is 0 Å². The number of rotatable bonds is 2. The first-order valence-corrected chi connectivity index (χ1v) is 8.63. The van der Waals surface area contributed by atoms with Crippen molar-refractivity contribution in [2.45, 2.75) is 45.5 Å². The van der Waals surface area contributed by atoms with Crippen molar-refractivity contribution < 1.29 is 19.0 Å². The van der Waals surface area contributed by atoms with Crippen LogP contribution in [0.2, 0.25) is 0 Å². The van der Waals surface area contributed by atoms with E-state index in [1.54, 1.807) is 0 Å². The number of hydrogen-bond acceptors (Lipinski definition) is 4. The molecule has 1 aromatic carbocycles. The van der Waals surface area contributed by atoms with Crippen molar-refractivity contribution >= 4 is 27.7 Å². The summed E-state index contributed by atoms with van der Waals surface area (Å²) in [5.74, 6) is 0.493. The summed E-state index contributed by atoms with van der Waals surface area (Å²) in [7, 11) is 0. The number of carbonyl (C=O) groups excluding carboxylic acids is 1. The Labute approximate surface area is 144 Å².